The smallest absolute Gasteiger partial charge is 0.257 e. The van der Waals surface area contributed by atoms with Crippen LogP contribution in [-0.4, -0.2) is 25.8 Å². The van der Waals surface area contributed by atoms with E-state index in [0.29, 0.717) is 22.9 Å². The maximum Gasteiger partial charge on any atom is 0.257 e. The number of amides is 1. The molecule has 1 amide bonds. The number of carbonyl (C=O) groups excluding carboxylic acids is 1. The Morgan fingerprint density at radius 3 is 2.81 bits per heavy atom. The molecule has 134 valence electrons. The lowest BCUT2D eigenvalue weighted by atomic mass is 10.0. The van der Waals surface area contributed by atoms with E-state index in [0.717, 1.165) is 30.8 Å². The molecule has 0 spiro atoms. The summed E-state index contributed by atoms with van der Waals surface area (Å²) in [6.07, 6.45) is 3.70. The monoisotopic (exact) mass is 351 g/mol. The highest BCUT2D eigenvalue weighted by atomic mass is 16.5. The maximum absolute atomic E-state index is 13.1. The summed E-state index contributed by atoms with van der Waals surface area (Å²) in [5.41, 5.74) is 1.89. The summed E-state index contributed by atoms with van der Waals surface area (Å²) >= 11 is 0. The van der Waals surface area contributed by atoms with Crippen LogP contribution in [0.1, 0.15) is 47.7 Å². The molecular formula is C19H21N5O2. The number of carbonyl (C=O) groups is 1. The van der Waals surface area contributed by atoms with Gasteiger partial charge in [-0.15, -0.1) is 0 Å². The molecular weight excluding hydrogens is 330 g/mol. The molecule has 0 bridgehead atoms. The Kier molecular flexibility index (Phi) is 4.28. The van der Waals surface area contributed by atoms with Gasteiger partial charge in [0.15, 0.2) is 0 Å². The highest BCUT2D eigenvalue weighted by Gasteiger charge is 2.37. The summed E-state index contributed by atoms with van der Waals surface area (Å²) in [7, 11) is 0. The third-order valence-electron chi connectivity index (χ3n) is 4.74. The van der Waals surface area contributed by atoms with Crippen molar-refractivity contribution in [2.24, 2.45) is 5.92 Å². The van der Waals surface area contributed by atoms with Gasteiger partial charge in [0.25, 0.3) is 5.91 Å². The minimum atomic E-state index is -0.190. The van der Waals surface area contributed by atoms with Gasteiger partial charge in [0.2, 0.25) is 0 Å². The number of nitrogens with one attached hydrogen (secondary N) is 1. The predicted molar refractivity (Wildman–Crippen MR) is 95.3 cm³/mol. The molecule has 3 aromatic rings. The molecule has 7 heteroatoms. The van der Waals surface area contributed by atoms with Crippen molar-refractivity contribution in [1.82, 2.24) is 25.2 Å². The van der Waals surface area contributed by atoms with Crippen molar-refractivity contribution < 1.29 is 9.32 Å². The molecule has 4 rings (SSSR count). The van der Waals surface area contributed by atoms with E-state index in [2.05, 4.69) is 20.6 Å². The third-order valence-corrected chi connectivity index (χ3v) is 4.74. The van der Waals surface area contributed by atoms with Crippen LogP contribution < -0.4 is 5.32 Å². The van der Waals surface area contributed by atoms with Gasteiger partial charge >= 0.3 is 0 Å². The second-order valence-corrected chi connectivity index (χ2v) is 6.55. The zero-order chi connectivity index (χ0) is 18.1. The van der Waals surface area contributed by atoms with Crippen molar-refractivity contribution in [2.75, 3.05) is 0 Å². The van der Waals surface area contributed by atoms with Crippen LogP contribution in [0.2, 0.25) is 0 Å². The lowest BCUT2D eigenvalue weighted by molar-refractivity contribution is 0.0927. The molecule has 1 aliphatic rings. The van der Waals surface area contributed by atoms with Crippen molar-refractivity contribution in [3.8, 4) is 11.3 Å². The van der Waals surface area contributed by atoms with Crippen LogP contribution in [0.25, 0.3) is 11.3 Å². The zero-order valence-corrected chi connectivity index (χ0v) is 14.8. The highest BCUT2D eigenvalue weighted by molar-refractivity contribution is 6.01. The second kappa shape index (κ2) is 6.74. The summed E-state index contributed by atoms with van der Waals surface area (Å²) in [5, 5.41) is 11.5. The van der Waals surface area contributed by atoms with Gasteiger partial charge in [0.1, 0.15) is 29.2 Å². The number of rotatable bonds is 6. The van der Waals surface area contributed by atoms with Crippen LogP contribution in [0, 0.1) is 12.8 Å². The number of hydrogen-bond acceptors (Lipinski definition) is 5. The van der Waals surface area contributed by atoms with E-state index < -0.39 is 0 Å². The van der Waals surface area contributed by atoms with Crippen LogP contribution >= 0.6 is 0 Å². The van der Waals surface area contributed by atoms with Crippen molar-refractivity contribution in [3.05, 3.63) is 53.8 Å². The first kappa shape index (κ1) is 16.5. The van der Waals surface area contributed by atoms with Crippen molar-refractivity contribution >= 4 is 5.91 Å². The van der Waals surface area contributed by atoms with Crippen molar-refractivity contribution in [1.29, 1.82) is 0 Å². The normalized spacial score (nSPS) is 15.0. The summed E-state index contributed by atoms with van der Waals surface area (Å²) in [6.45, 7) is 4.49. The van der Waals surface area contributed by atoms with Crippen LogP contribution in [0.5, 0.6) is 0 Å². The van der Waals surface area contributed by atoms with E-state index in [1.54, 1.807) is 13.3 Å². The Morgan fingerprint density at radius 1 is 1.35 bits per heavy atom. The first-order valence-electron chi connectivity index (χ1n) is 8.89. The van der Waals surface area contributed by atoms with E-state index in [1.807, 2.05) is 41.9 Å². The van der Waals surface area contributed by atoms with E-state index in [-0.39, 0.29) is 11.9 Å². The molecule has 1 aliphatic carbocycles. The SMILES string of the molecule is CCn1ncnc1C(NC(=O)c1c(-c2ccccc2)noc1C)C1CC1. The fourth-order valence-electron chi connectivity index (χ4n) is 3.23. The van der Waals surface area contributed by atoms with Crippen molar-refractivity contribution in [2.45, 2.75) is 39.3 Å². The molecule has 0 radical (unpaired) electrons. The van der Waals surface area contributed by atoms with Gasteiger partial charge in [-0.25, -0.2) is 9.67 Å². The van der Waals surface area contributed by atoms with Crippen LogP contribution in [-0.2, 0) is 6.54 Å². The molecule has 7 nitrogen and oxygen atoms in total. The first-order chi connectivity index (χ1) is 12.7. The lowest BCUT2D eigenvalue weighted by Gasteiger charge is -2.18. The molecule has 1 aromatic carbocycles. The van der Waals surface area contributed by atoms with E-state index in [1.165, 1.54) is 0 Å². The van der Waals surface area contributed by atoms with Gasteiger partial charge in [-0.2, -0.15) is 5.10 Å². The Labute approximate surface area is 151 Å². The summed E-state index contributed by atoms with van der Waals surface area (Å²) < 4.78 is 7.16. The van der Waals surface area contributed by atoms with Gasteiger partial charge in [-0.05, 0) is 32.6 Å². The molecule has 26 heavy (non-hydrogen) atoms. The summed E-state index contributed by atoms with van der Waals surface area (Å²) in [5.74, 6) is 1.52. The van der Waals surface area contributed by atoms with Gasteiger partial charge in [0.05, 0.1) is 6.04 Å². The van der Waals surface area contributed by atoms with Crippen LogP contribution in [0.4, 0.5) is 0 Å². The molecule has 1 atom stereocenters. The van der Waals surface area contributed by atoms with Gasteiger partial charge in [-0.1, -0.05) is 35.5 Å². The number of aromatic nitrogens is 4. The molecule has 2 aromatic heterocycles. The highest BCUT2D eigenvalue weighted by Crippen LogP contribution is 2.40. The van der Waals surface area contributed by atoms with Gasteiger partial charge < -0.3 is 9.84 Å². The predicted octanol–water partition coefficient (Wildman–Crippen LogP) is 3.14. The fourth-order valence-corrected chi connectivity index (χ4v) is 3.23. The standard InChI is InChI=1S/C19H21N5O2/c1-3-24-18(20-11-21-24)17(14-9-10-14)22-19(25)15-12(2)26-23-16(15)13-7-5-4-6-8-13/h4-8,11,14,17H,3,9-10H2,1-2H3,(H,22,25). The van der Waals surface area contributed by atoms with Gasteiger partial charge in [0, 0.05) is 12.1 Å². The number of hydrogen-bond donors (Lipinski definition) is 1. The van der Waals surface area contributed by atoms with Crippen LogP contribution in [0.3, 0.4) is 0 Å². The molecule has 2 heterocycles. The lowest BCUT2D eigenvalue weighted by Crippen LogP contribution is -2.32. The van der Waals surface area contributed by atoms with Crippen molar-refractivity contribution in [3.63, 3.8) is 0 Å². The number of benzene rings is 1. The van der Waals surface area contributed by atoms with E-state index in [9.17, 15) is 4.79 Å². The Morgan fingerprint density at radius 2 is 2.12 bits per heavy atom. The van der Waals surface area contributed by atoms with Gasteiger partial charge in [-0.3, -0.25) is 4.79 Å². The quantitative estimate of drug-likeness (QED) is 0.737. The fraction of sp³-hybridized carbons (Fsp3) is 0.368. The minimum Gasteiger partial charge on any atom is -0.360 e. The third kappa shape index (κ3) is 3.00. The van der Waals surface area contributed by atoms with E-state index in [4.69, 9.17) is 4.52 Å². The second-order valence-electron chi connectivity index (χ2n) is 6.55. The molecule has 1 fully saturated rings. The number of nitrogens with zero attached hydrogens (tertiary/aromatic N) is 4. The van der Waals surface area contributed by atoms with Crippen LogP contribution in [0.15, 0.2) is 41.2 Å². The Hall–Kier alpha value is -2.96. The van der Waals surface area contributed by atoms with E-state index >= 15 is 0 Å². The summed E-state index contributed by atoms with van der Waals surface area (Å²) in [6, 6.07) is 9.44. The topological polar surface area (TPSA) is 85.8 Å². The molecule has 1 saturated carbocycles. The molecule has 1 unspecified atom stereocenters. The molecule has 0 aliphatic heterocycles. The molecule has 1 N–H and O–H groups in total. The minimum absolute atomic E-state index is 0.150. The number of aryl methyl sites for hydroxylation is 2. The first-order valence-corrected chi connectivity index (χ1v) is 8.89. The average molecular weight is 351 g/mol. The Balaban J connectivity index is 1.65. The Bertz CT molecular complexity index is 911. The summed E-state index contributed by atoms with van der Waals surface area (Å²) in [4.78, 5) is 17.5. The molecule has 0 saturated heterocycles. The largest absolute Gasteiger partial charge is 0.360 e. The maximum atomic E-state index is 13.1. The average Bonchev–Trinajstić information content (AvgIpc) is 3.26. The zero-order valence-electron chi connectivity index (χ0n) is 14.8.